The van der Waals surface area contributed by atoms with Gasteiger partial charge in [0, 0.05) is 11.0 Å². The van der Waals surface area contributed by atoms with Crippen molar-refractivity contribution in [3.05, 3.63) is 41.6 Å². The molecule has 0 saturated carbocycles. The van der Waals surface area contributed by atoms with E-state index >= 15 is 0 Å². The highest BCUT2D eigenvalue weighted by Gasteiger charge is 2.35. The maximum Gasteiger partial charge on any atom is 0.130 e. The fourth-order valence-electron chi connectivity index (χ4n) is 2.58. The fraction of sp³-hybridized carbons (Fsp3) is 0.357. The summed E-state index contributed by atoms with van der Waals surface area (Å²) in [6, 6.07) is 10.1. The van der Waals surface area contributed by atoms with Gasteiger partial charge < -0.3 is 5.73 Å². The Morgan fingerprint density at radius 2 is 1.94 bits per heavy atom. The Bertz CT molecular complexity index is 552. The molecular weight excluding hydrogens is 210 g/mol. The number of nitrogen functional groups attached to an aromatic ring is 1. The maximum atomic E-state index is 6.21. The van der Waals surface area contributed by atoms with Crippen LogP contribution in [-0.2, 0) is 11.8 Å². The molecule has 0 radical (unpaired) electrons. The summed E-state index contributed by atoms with van der Waals surface area (Å²) >= 11 is 0. The lowest BCUT2D eigenvalue weighted by Crippen LogP contribution is -2.14. The lowest BCUT2D eigenvalue weighted by molar-refractivity contribution is 0.499. The Morgan fingerprint density at radius 1 is 1.24 bits per heavy atom. The van der Waals surface area contributed by atoms with E-state index in [0.717, 1.165) is 24.3 Å². The van der Waals surface area contributed by atoms with Crippen molar-refractivity contribution in [1.82, 2.24) is 9.78 Å². The summed E-state index contributed by atoms with van der Waals surface area (Å²) in [7, 11) is 0. The van der Waals surface area contributed by atoms with Crippen LogP contribution in [0.3, 0.4) is 0 Å². The van der Waals surface area contributed by atoms with Crippen LogP contribution in [0.25, 0.3) is 5.69 Å². The minimum absolute atomic E-state index is 0.156. The third kappa shape index (κ3) is 1.46. The van der Waals surface area contributed by atoms with Gasteiger partial charge in [0.1, 0.15) is 5.82 Å². The Balaban J connectivity index is 2.16. The highest BCUT2D eigenvalue weighted by molar-refractivity contribution is 5.53. The summed E-state index contributed by atoms with van der Waals surface area (Å²) in [5.74, 6) is 0.803. The monoisotopic (exact) mass is 227 g/mol. The first-order valence-electron chi connectivity index (χ1n) is 6.03. The molecule has 1 heterocycles. The molecule has 3 nitrogen and oxygen atoms in total. The van der Waals surface area contributed by atoms with E-state index in [4.69, 9.17) is 10.8 Å². The van der Waals surface area contributed by atoms with Gasteiger partial charge in [0.2, 0.25) is 0 Å². The Labute approximate surface area is 101 Å². The number of rotatable bonds is 1. The van der Waals surface area contributed by atoms with Crippen molar-refractivity contribution in [1.29, 1.82) is 0 Å². The van der Waals surface area contributed by atoms with Crippen LogP contribution in [0, 0.1) is 0 Å². The molecule has 1 aliphatic carbocycles. The summed E-state index contributed by atoms with van der Waals surface area (Å²) in [5, 5.41) is 4.70. The third-order valence-electron chi connectivity index (χ3n) is 3.67. The van der Waals surface area contributed by atoms with Crippen LogP contribution in [0.5, 0.6) is 0 Å². The molecule has 0 atom stereocenters. The first kappa shape index (κ1) is 10.4. The van der Waals surface area contributed by atoms with Crippen molar-refractivity contribution < 1.29 is 0 Å². The highest BCUT2D eigenvalue weighted by atomic mass is 15.3. The van der Waals surface area contributed by atoms with Crippen LogP contribution < -0.4 is 5.73 Å². The summed E-state index contributed by atoms with van der Waals surface area (Å²) in [6.45, 7) is 4.47. The van der Waals surface area contributed by atoms with Crippen LogP contribution in [-0.4, -0.2) is 9.78 Å². The normalized spacial score (nSPS) is 17.1. The zero-order chi connectivity index (χ0) is 12.0. The van der Waals surface area contributed by atoms with Crippen molar-refractivity contribution in [3.63, 3.8) is 0 Å². The molecule has 1 aromatic carbocycles. The number of nitrogens with zero attached hydrogens (tertiary/aromatic N) is 2. The number of nitrogens with two attached hydrogens (primary N) is 1. The lowest BCUT2D eigenvalue weighted by Gasteiger charge is -2.15. The first-order chi connectivity index (χ1) is 8.09. The topological polar surface area (TPSA) is 43.8 Å². The van der Waals surface area contributed by atoms with Gasteiger partial charge in [-0.05, 0) is 25.0 Å². The fourth-order valence-corrected chi connectivity index (χ4v) is 2.58. The SMILES string of the molecule is CC1(C)CCc2c1nn(-c1ccccc1)c2N. The molecule has 88 valence electrons. The van der Waals surface area contributed by atoms with Crippen molar-refractivity contribution in [3.8, 4) is 5.69 Å². The van der Waals surface area contributed by atoms with E-state index in [-0.39, 0.29) is 5.41 Å². The molecule has 0 spiro atoms. The van der Waals surface area contributed by atoms with Crippen molar-refractivity contribution in [2.75, 3.05) is 5.73 Å². The van der Waals surface area contributed by atoms with Crippen LogP contribution in [0.15, 0.2) is 30.3 Å². The average Bonchev–Trinajstić information content (AvgIpc) is 2.80. The molecule has 2 aromatic rings. The van der Waals surface area contributed by atoms with E-state index < -0.39 is 0 Å². The van der Waals surface area contributed by atoms with E-state index in [2.05, 4.69) is 13.8 Å². The smallest absolute Gasteiger partial charge is 0.130 e. The molecule has 1 aliphatic rings. The van der Waals surface area contributed by atoms with Gasteiger partial charge in [-0.2, -0.15) is 5.10 Å². The van der Waals surface area contributed by atoms with Crippen molar-refractivity contribution in [2.45, 2.75) is 32.1 Å². The minimum atomic E-state index is 0.156. The molecular formula is C14H17N3. The number of para-hydroxylation sites is 1. The molecule has 0 fully saturated rings. The van der Waals surface area contributed by atoms with Crippen molar-refractivity contribution >= 4 is 5.82 Å². The van der Waals surface area contributed by atoms with E-state index in [0.29, 0.717) is 0 Å². The van der Waals surface area contributed by atoms with E-state index in [1.165, 1.54) is 11.3 Å². The Morgan fingerprint density at radius 3 is 2.59 bits per heavy atom. The number of anilines is 1. The first-order valence-corrected chi connectivity index (χ1v) is 6.03. The van der Waals surface area contributed by atoms with Crippen LogP contribution >= 0.6 is 0 Å². The molecule has 0 amide bonds. The van der Waals surface area contributed by atoms with E-state index in [9.17, 15) is 0 Å². The Hall–Kier alpha value is -1.77. The van der Waals surface area contributed by atoms with Gasteiger partial charge in [-0.3, -0.25) is 0 Å². The van der Waals surface area contributed by atoms with Gasteiger partial charge >= 0.3 is 0 Å². The number of benzene rings is 1. The highest BCUT2D eigenvalue weighted by Crippen LogP contribution is 2.40. The summed E-state index contributed by atoms with van der Waals surface area (Å²) in [5.41, 5.74) is 9.80. The molecule has 1 aromatic heterocycles. The molecule has 0 bridgehead atoms. The standard InChI is InChI=1S/C14H17N3/c1-14(2)9-8-11-12(14)16-17(13(11)15)10-6-4-3-5-7-10/h3-7H,8-9,15H2,1-2H3. The quantitative estimate of drug-likeness (QED) is 0.814. The third-order valence-corrected chi connectivity index (χ3v) is 3.67. The summed E-state index contributed by atoms with van der Waals surface area (Å²) < 4.78 is 1.87. The van der Waals surface area contributed by atoms with E-state index in [1.807, 2.05) is 35.0 Å². The number of hydrogen-bond acceptors (Lipinski definition) is 2. The molecule has 2 N–H and O–H groups in total. The zero-order valence-corrected chi connectivity index (χ0v) is 10.3. The number of hydrogen-bond donors (Lipinski definition) is 1. The molecule has 0 aliphatic heterocycles. The van der Waals surface area contributed by atoms with Gasteiger partial charge in [0.15, 0.2) is 0 Å². The summed E-state index contributed by atoms with van der Waals surface area (Å²) in [4.78, 5) is 0. The molecule has 3 heteroatoms. The zero-order valence-electron chi connectivity index (χ0n) is 10.3. The van der Waals surface area contributed by atoms with Crippen molar-refractivity contribution in [2.24, 2.45) is 0 Å². The molecule has 0 unspecified atom stereocenters. The summed E-state index contributed by atoms with van der Waals surface area (Å²) in [6.07, 6.45) is 2.19. The molecule has 0 saturated heterocycles. The van der Waals surface area contributed by atoms with Crippen LogP contribution in [0.1, 0.15) is 31.5 Å². The van der Waals surface area contributed by atoms with Gasteiger partial charge in [0.25, 0.3) is 0 Å². The second kappa shape index (κ2) is 3.36. The van der Waals surface area contributed by atoms with Gasteiger partial charge in [0.05, 0.1) is 11.4 Å². The predicted molar refractivity (Wildman–Crippen MR) is 69.3 cm³/mol. The molecule has 17 heavy (non-hydrogen) atoms. The lowest BCUT2D eigenvalue weighted by atomic mass is 9.91. The maximum absolute atomic E-state index is 6.21. The predicted octanol–water partition coefficient (Wildman–Crippen LogP) is 2.68. The largest absolute Gasteiger partial charge is 0.383 e. The van der Waals surface area contributed by atoms with Gasteiger partial charge in [-0.1, -0.05) is 32.0 Å². The second-order valence-electron chi connectivity index (χ2n) is 5.34. The van der Waals surface area contributed by atoms with Gasteiger partial charge in [-0.15, -0.1) is 0 Å². The Kier molecular flexibility index (Phi) is 2.05. The molecule has 3 rings (SSSR count). The van der Waals surface area contributed by atoms with E-state index in [1.54, 1.807) is 0 Å². The van der Waals surface area contributed by atoms with Gasteiger partial charge in [-0.25, -0.2) is 4.68 Å². The van der Waals surface area contributed by atoms with Crippen LogP contribution in [0.4, 0.5) is 5.82 Å². The van der Waals surface area contributed by atoms with Crippen LogP contribution in [0.2, 0.25) is 0 Å². The number of fused-ring (bicyclic) bond motifs is 1. The number of aromatic nitrogens is 2. The second-order valence-corrected chi connectivity index (χ2v) is 5.34. The minimum Gasteiger partial charge on any atom is -0.383 e. The average molecular weight is 227 g/mol.